The molecule has 4 rings (SSSR count). The van der Waals surface area contributed by atoms with Crippen LogP contribution in [0.5, 0.6) is 0 Å². The van der Waals surface area contributed by atoms with Gasteiger partial charge in [-0.15, -0.1) is 11.3 Å². The van der Waals surface area contributed by atoms with Crippen molar-refractivity contribution in [2.24, 2.45) is 0 Å². The lowest BCUT2D eigenvalue weighted by Gasteiger charge is -2.28. The van der Waals surface area contributed by atoms with E-state index in [4.69, 9.17) is 14.6 Å². The van der Waals surface area contributed by atoms with Crippen LogP contribution in [0.4, 0.5) is 4.79 Å². The largest absolute Gasteiger partial charge is 0.476 e. The number of carbonyl (C=O) groups excluding carboxylic acids is 2. The summed E-state index contributed by atoms with van der Waals surface area (Å²) in [5.74, 6) is -1.76. The Morgan fingerprint density at radius 2 is 1.71 bits per heavy atom. The summed E-state index contributed by atoms with van der Waals surface area (Å²) in [5.41, 5.74) is 2.91. The molecule has 10 heteroatoms. The number of carbonyl (C=O) groups is 3. The van der Waals surface area contributed by atoms with Crippen LogP contribution in [-0.2, 0) is 20.8 Å². The molecule has 1 aliphatic carbocycles. The predicted molar refractivity (Wildman–Crippen MR) is 129 cm³/mol. The van der Waals surface area contributed by atoms with Gasteiger partial charge in [0.1, 0.15) is 17.2 Å². The number of aromatic carboxylic acids is 1. The molecule has 9 nitrogen and oxygen atoms in total. The van der Waals surface area contributed by atoms with E-state index < -0.39 is 23.5 Å². The van der Waals surface area contributed by atoms with Crippen molar-refractivity contribution in [3.63, 3.8) is 0 Å². The van der Waals surface area contributed by atoms with Crippen LogP contribution in [0.25, 0.3) is 11.1 Å². The van der Waals surface area contributed by atoms with Crippen molar-refractivity contribution in [3.05, 3.63) is 75.7 Å². The Labute approximate surface area is 206 Å². The number of aromatic nitrogens is 1. The third-order valence-corrected chi connectivity index (χ3v) is 6.68. The molecular formula is C25H25N3O6S. The van der Waals surface area contributed by atoms with Crippen LogP contribution in [0.15, 0.2) is 53.9 Å². The maximum Gasteiger partial charge on any atom is 0.408 e. The highest BCUT2D eigenvalue weighted by atomic mass is 32.1. The Kier molecular flexibility index (Phi) is 7.13. The Hall–Kier alpha value is -3.76. The fraction of sp³-hybridized carbons (Fsp3) is 0.280. The van der Waals surface area contributed by atoms with Gasteiger partial charge in [0.15, 0.2) is 5.69 Å². The SMILES string of the molecule is COCC(C)(NC(=O)OCC1c2ccccc2-c2ccccc21)C(=O)NCc1nc(C(=O)O)cs1. The van der Waals surface area contributed by atoms with E-state index in [-0.39, 0.29) is 31.4 Å². The third-order valence-electron chi connectivity index (χ3n) is 5.83. The Balaban J connectivity index is 1.39. The number of rotatable bonds is 9. The summed E-state index contributed by atoms with van der Waals surface area (Å²) < 4.78 is 10.7. The maximum absolute atomic E-state index is 12.9. The zero-order valence-electron chi connectivity index (χ0n) is 19.2. The second-order valence-electron chi connectivity index (χ2n) is 8.33. The highest BCUT2D eigenvalue weighted by molar-refractivity contribution is 7.09. The number of benzene rings is 2. The van der Waals surface area contributed by atoms with Gasteiger partial charge in [-0.1, -0.05) is 48.5 Å². The molecule has 0 saturated carbocycles. The summed E-state index contributed by atoms with van der Waals surface area (Å²) in [4.78, 5) is 40.6. The smallest absolute Gasteiger partial charge is 0.408 e. The Bertz CT molecular complexity index is 1210. The molecule has 1 unspecified atom stereocenters. The fourth-order valence-corrected chi connectivity index (χ4v) is 4.86. The van der Waals surface area contributed by atoms with Gasteiger partial charge in [0, 0.05) is 18.4 Å². The molecule has 0 radical (unpaired) electrons. The zero-order valence-corrected chi connectivity index (χ0v) is 20.1. The first-order valence-electron chi connectivity index (χ1n) is 10.9. The minimum Gasteiger partial charge on any atom is -0.476 e. The molecule has 2 amide bonds. The van der Waals surface area contributed by atoms with E-state index in [2.05, 4.69) is 27.8 Å². The van der Waals surface area contributed by atoms with Gasteiger partial charge in [-0.25, -0.2) is 14.6 Å². The minimum absolute atomic E-state index is 0.0163. The molecule has 0 fully saturated rings. The van der Waals surface area contributed by atoms with Crippen molar-refractivity contribution in [2.45, 2.75) is 24.9 Å². The summed E-state index contributed by atoms with van der Waals surface area (Å²) in [6.07, 6.45) is -0.746. The summed E-state index contributed by atoms with van der Waals surface area (Å²) in [6, 6.07) is 16.0. The van der Waals surface area contributed by atoms with Crippen molar-refractivity contribution < 1.29 is 29.0 Å². The van der Waals surface area contributed by atoms with Gasteiger partial charge in [-0.3, -0.25) is 4.79 Å². The van der Waals surface area contributed by atoms with E-state index in [1.54, 1.807) is 0 Å². The molecule has 0 aliphatic heterocycles. The van der Waals surface area contributed by atoms with Crippen molar-refractivity contribution in [2.75, 3.05) is 20.3 Å². The topological polar surface area (TPSA) is 127 Å². The van der Waals surface area contributed by atoms with Gasteiger partial charge in [0.2, 0.25) is 5.91 Å². The molecule has 35 heavy (non-hydrogen) atoms. The average molecular weight is 496 g/mol. The lowest BCUT2D eigenvalue weighted by molar-refractivity contribution is -0.129. The van der Waals surface area contributed by atoms with Gasteiger partial charge in [0.25, 0.3) is 0 Å². The van der Waals surface area contributed by atoms with E-state index in [0.29, 0.717) is 5.01 Å². The van der Waals surface area contributed by atoms with E-state index in [1.807, 2.05) is 36.4 Å². The van der Waals surface area contributed by atoms with E-state index in [9.17, 15) is 14.4 Å². The van der Waals surface area contributed by atoms with Crippen LogP contribution < -0.4 is 10.6 Å². The van der Waals surface area contributed by atoms with Crippen molar-refractivity contribution >= 4 is 29.3 Å². The molecule has 1 aromatic heterocycles. The third kappa shape index (κ3) is 5.18. The quantitative estimate of drug-likeness (QED) is 0.415. The highest BCUT2D eigenvalue weighted by Gasteiger charge is 2.36. The molecule has 1 atom stereocenters. The van der Waals surface area contributed by atoms with Crippen LogP contribution >= 0.6 is 11.3 Å². The first-order valence-corrected chi connectivity index (χ1v) is 11.8. The second kappa shape index (κ2) is 10.2. The number of nitrogens with zero attached hydrogens (tertiary/aromatic N) is 1. The van der Waals surface area contributed by atoms with Crippen LogP contribution in [0.3, 0.4) is 0 Å². The number of carboxylic acid groups (broad SMARTS) is 1. The fourth-order valence-electron chi connectivity index (χ4n) is 4.15. The first kappa shape index (κ1) is 24.4. The monoisotopic (exact) mass is 495 g/mol. The van der Waals surface area contributed by atoms with Gasteiger partial charge >= 0.3 is 12.1 Å². The van der Waals surface area contributed by atoms with Gasteiger partial charge < -0.3 is 25.2 Å². The minimum atomic E-state index is -1.41. The average Bonchev–Trinajstić information content (AvgIpc) is 3.44. The number of fused-ring (bicyclic) bond motifs is 3. The molecule has 3 aromatic rings. The molecule has 3 N–H and O–H groups in total. The molecule has 0 spiro atoms. The van der Waals surface area contributed by atoms with Crippen LogP contribution in [0, 0.1) is 0 Å². The first-order chi connectivity index (χ1) is 16.8. The van der Waals surface area contributed by atoms with Gasteiger partial charge in [-0.2, -0.15) is 0 Å². The number of nitrogens with one attached hydrogen (secondary N) is 2. The zero-order chi connectivity index (χ0) is 25.0. The Morgan fingerprint density at radius 3 is 2.29 bits per heavy atom. The molecule has 182 valence electrons. The lowest BCUT2D eigenvalue weighted by Crippen LogP contribution is -2.59. The normalized spacial score (nSPS) is 13.9. The second-order valence-corrected chi connectivity index (χ2v) is 9.27. The molecule has 1 heterocycles. The number of amides is 2. The van der Waals surface area contributed by atoms with Gasteiger partial charge in [0.05, 0.1) is 13.2 Å². The van der Waals surface area contributed by atoms with Crippen molar-refractivity contribution in [1.82, 2.24) is 15.6 Å². The molecule has 0 saturated heterocycles. The molecule has 2 aromatic carbocycles. The lowest BCUT2D eigenvalue weighted by atomic mass is 9.98. The number of hydrogen-bond donors (Lipinski definition) is 3. The number of methoxy groups -OCH3 is 1. The number of carboxylic acids is 1. The summed E-state index contributed by atoms with van der Waals surface area (Å²) >= 11 is 1.12. The maximum atomic E-state index is 12.9. The standard InChI is InChI=1S/C25H25N3O6S/c1-25(14-33-2,23(31)26-11-21-27-20(13-35-21)22(29)30)28-24(32)34-12-19-17-9-5-3-7-15(17)16-8-4-6-10-18(16)19/h3-10,13,19H,11-12,14H2,1-2H3,(H,26,31)(H,28,32)(H,29,30). The highest BCUT2D eigenvalue weighted by Crippen LogP contribution is 2.44. The van der Waals surface area contributed by atoms with Gasteiger partial charge in [-0.05, 0) is 29.2 Å². The number of hydrogen-bond acceptors (Lipinski definition) is 7. The number of ether oxygens (including phenoxy) is 2. The number of thiazole rings is 1. The van der Waals surface area contributed by atoms with Crippen molar-refractivity contribution in [1.29, 1.82) is 0 Å². The van der Waals surface area contributed by atoms with Crippen LogP contribution in [-0.4, -0.2) is 53.9 Å². The van der Waals surface area contributed by atoms with Crippen LogP contribution in [0.1, 0.15) is 39.5 Å². The van der Waals surface area contributed by atoms with Crippen molar-refractivity contribution in [3.8, 4) is 11.1 Å². The van der Waals surface area contributed by atoms with E-state index >= 15 is 0 Å². The Morgan fingerprint density at radius 1 is 1.09 bits per heavy atom. The molecular weight excluding hydrogens is 470 g/mol. The van der Waals surface area contributed by atoms with Crippen LogP contribution in [0.2, 0.25) is 0 Å². The predicted octanol–water partition coefficient (Wildman–Crippen LogP) is 3.40. The van der Waals surface area contributed by atoms with E-state index in [1.165, 1.54) is 19.4 Å². The summed E-state index contributed by atoms with van der Waals surface area (Å²) in [7, 11) is 1.42. The molecule has 0 bridgehead atoms. The molecule has 1 aliphatic rings. The summed E-state index contributed by atoms with van der Waals surface area (Å²) in [5, 5.41) is 16.1. The van der Waals surface area contributed by atoms with E-state index in [0.717, 1.165) is 33.6 Å². The summed E-state index contributed by atoms with van der Waals surface area (Å²) in [6.45, 7) is 1.56. The number of alkyl carbamates (subject to hydrolysis) is 1.